The minimum absolute atomic E-state index is 0.483. The van der Waals surface area contributed by atoms with Crippen molar-refractivity contribution in [1.29, 1.82) is 0 Å². The Labute approximate surface area is 116 Å². The van der Waals surface area contributed by atoms with E-state index in [9.17, 15) is 0 Å². The van der Waals surface area contributed by atoms with Crippen LogP contribution in [0.2, 0.25) is 0 Å². The van der Waals surface area contributed by atoms with Gasteiger partial charge >= 0.3 is 0 Å². The van der Waals surface area contributed by atoms with Crippen molar-refractivity contribution < 1.29 is 0 Å². The fourth-order valence-corrected chi connectivity index (χ4v) is 2.19. The second kappa shape index (κ2) is 6.74. The summed E-state index contributed by atoms with van der Waals surface area (Å²) < 4.78 is 0. The summed E-state index contributed by atoms with van der Waals surface area (Å²) in [5, 5.41) is 0. The van der Waals surface area contributed by atoms with Crippen LogP contribution in [0.15, 0.2) is 18.2 Å². The number of aryl methyl sites for hydroxylation is 1. The van der Waals surface area contributed by atoms with Crippen LogP contribution in [0.25, 0.3) is 0 Å². The van der Waals surface area contributed by atoms with Crippen molar-refractivity contribution in [3.05, 3.63) is 29.3 Å². The molecule has 1 aromatic rings. The van der Waals surface area contributed by atoms with Crippen molar-refractivity contribution >= 4 is 22.9 Å². The van der Waals surface area contributed by atoms with Gasteiger partial charge in [0, 0.05) is 24.3 Å². The standard InChI is InChI=1S/C15H24N2S/c1-5-11(3)10-17(6-2)14-8-7-12(4)9-13(14)15(16)18/h7-9,11H,5-6,10H2,1-4H3,(H2,16,18). The van der Waals surface area contributed by atoms with E-state index in [2.05, 4.69) is 50.8 Å². The molecule has 1 unspecified atom stereocenters. The van der Waals surface area contributed by atoms with Crippen LogP contribution < -0.4 is 10.6 Å². The first-order valence-corrected chi connectivity index (χ1v) is 7.05. The van der Waals surface area contributed by atoms with Crippen LogP contribution in [-0.2, 0) is 0 Å². The SMILES string of the molecule is CCC(C)CN(CC)c1ccc(C)cc1C(N)=S. The molecule has 0 heterocycles. The van der Waals surface area contributed by atoms with E-state index in [4.69, 9.17) is 18.0 Å². The predicted octanol–water partition coefficient (Wildman–Crippen LogP) is 3.50. The maximum absolute atomic E-state index is 5.84. The predicted molar refractivity (Wildman–Crippen MR) is 84.4 cm³/mol. The fourth-order valence-electron chi connectivity index (χ4n) is 2.03. The molecule has 1 rings (SSSR count). The first-order chi connectivity index (χ1) is 8.49. The number of nitrogens with two attached hydrogens (primary N) is 1. The number of rotatable bonds is 6. The quantitative estimate of drug-likeness (QED) is 0.797. The van der Waals surface area contributed by atoms with Gasteiger partial charge in [-0.3, -0.25) is 0 Å². The summed E-state index contributed by atoms with van der Waals surface area (Å²) in [6, 6.07) is 6.34. The Bertz CT molecular complexity index is 415. The highest BCUT2D eigenvalue weighted by molar-refractivity contribution is 7.80. The second-order valence-electron chi connectivity index (χ2n) is 4.94. The molecule has 2 N–H and O–H groups in total. The van der Waals surface area contributed by atoms with Gasteiger partial charge in [0.25, 0.3) is 0 Å². The molecule has 0 aliphatic heterocycles. The lowest BCUT2D eigenvalue weighted by molar-refractivity contribution is 0.548. The molecule has 0 aliphatic rings. The molecule has 1 aromatic carbocycles. The van der Waals surface area contributed by atoms with Gasteiger partial charge in [-0.1, -0.05) is 44.1 Å². The van der Waals surface area contributed by atoms with Crippen molar-refractivity contribution in [2.45, 2.75) is 34.1 Å². The maximum Gasteiger partial charge on any atom is 0.106 e. The molecular formula is C15H24N2S. The van der Waals surface area contributed by atoms with E-state index in [0.29, 0.717) is 10.9 Å². The van der Waals surface area contributed by atoms with Gasteiger partial charge in [0.15, 0.2) is 0 Å². The summed E-state index contributed by atoms with van der Waals surface area (Å²) in [6.45, 7) is 10.8. The highest BCUT2D eigenvalue weighted by Crippen LogP contribution is 2.23. The van der Waals surface area contributed by atoms with E-state index in [1.54, 1.807) is 0 Å². The molecule has 0 amide bonds. The normalized spacial score (nSPS) is 12.2. The van der Waals surface area contributed by atoms with E-state index in [0.717, 1.165) is 24.3 Å². The van der Waals surface area contributed by atoms with Gasteiger partial charge in [-0.15, -0.1) is 0 Å². The van der Waals surface area contributed by atoms with Crippen LogP contribution in [0.5, 0.6) is 0 Å². The highest BCUT2D eigenvalue weighted by atomic mass is 32.1. The molecule has 2 nitrogen and oxygen atoms in total. The van der Waals surface area contributed by atoms with E-state index in [1.807, 2.05) is 0 Å². The Balaban J connectivity index is 3.08. The van der Waals surface area contributed by atoms with Gasteiger partial charge in [-0.05, 0) is 31.9 Å². The Hall–Kier alpha value is -1.09. The minimum Gasteiger partial charge on any atom is -0.389 e. The zero-order valence-corrected chi connectivity index (χ0v) is 12.7. The number of thiocarbonyl (C=S) groups is 1. The summed E-state index contributed by atoms with van der Waals surface area (Å²) in [5.74, 6) is 0.672. The molecule has 18 heavy (non-hydrogen) atoms. The lowest BCUT2D eigenvalue weighted by Crippen LogP contribution is -2.30. The van der Waals surface area contributed by atoms with Crippen molar-refractivity contribution in [2.75, 3.05) is 18.0 Å². The highest BCUT2D eigenvalue weighted by Gasteiger charge is 2.13. The first-order valence-electron chi connectivity index (χ1n) is 6.64. The lowest BCUT2D eigenvalue weighted by atomic mass is 10.1. The summed E-state index contributed by atoms with van der Waals surface area (Å²) in [4.78, 5) is 2.85. The number of anilines is 1. The van der Waals surface area contributed by atoms with Gasteiger partial charge < -0.3 is 10.6 Å². The summed E-state index contributed by atoms with van der Waals surface area (Å²) in [5.41, 5.74) is 9.20. The van der Waals surface area contributed by atoms with Crippen molar-refractivity contribution in [2.24, 2.45) is 11.7 Å². The Morgan fingerprint density at radius 1 is 1.39 bits per heavy atom. The summed E-state index contributed by atoms with van der Waals surface area (Å²) in [6.07, 6.45) is 1.19. The minimum atomic E-state index is 0.483. The van der Waals surface area contributed by atoms with E-state index < -0.39 is 0 Å². The zero-order valence-electron chi connectivity index (χ0n) is 11.9. The molecule has 0 radical (unpaired) electrons. The molecular weight excluding hydrogens is 240 g/mol. The molecule has 1 atom stereocenters. The fraction of sp³-hybridized carbons (Fsp3) is 0.533. The number of hydrogen-bond donors (Lipinski definition) is 1. The smallest absolute Gasteiger partial charge is 0.106 e. The second-order valence-corrected chi connectivity index (χ2v) is 5.38. The van der Waals surface area contributed by atoms with Gasteiger partial charge in [-0.25, -0.2) is 0 Å². The third-order valence-corrected chi connectivity index (χ3v) is 3.59. The molecule has 0 saturated carbocycles. The topological polar surface area (TPSA) is 29.3 Å². The van der Waals surface area contributed by atoms with Gasteiger partial charge in [0.2, 0.25) is 0 Å². The third-order valence-electron chi connectivity index (χ3n) is 3.37. The van der Waals surface area contributed by atoms with Crippen LogP contribution in [0.1, 0.15) is 38.3 Å². The molecule has 0 fully saturated rings. The Kier molecular flexibility index (Phi) is 5.60. The molecule has 0 aliphatic carbocycles. The van der Waals surface area contributed by atoms with Crippen molar-refractivity contribution in [1.82, 2.24) is 0 Å². The first kappa shape index (κ1) is 15.0. The van der Waals surface area contributed by atoms with E-state index in [1.165, 1.54) is 12.0 Å². The van der Waals surface area contributed by atoms with E-state index >= 15 is 0 Å². The van der Waals surface area contributed by atoms with Gasteiger partial charge in [0.05, 0.1) is 0 Å². The molecule has 0 bridgehead atoms. The number of nitrogens with zero attached hydrogens (tertiary/aromatic N) is 1. The molecule has 0 spiro atoms. The summed E-state index contributed by atoms with van der Waals surface area (Å²) in [7, 11) is 0. The number of benzene rings is 1. The monoisotopic (exact) mass is 264 g/mol. The molecule has 100 valence electrons. The third kappa shape index (κ3) is 3.70. The van der Waals surface area contributed by atoms with Crippen LogP contribution >= 0.6 is 12.2 Å². The van der Waals surface area contributed by atoms with Gasteiger partial charge in [-0.2, -0.15) is 0 Å². The largest absolute Gasteiger partial charge is 0.389 e. The van der Waals surface area contributed by atoms with Crippen LogP contribution in [0, 0.1) is 12.8 Å². The van der Waals surface area contributed by atoms with Crippen LogP contribution in [-0.4, -0.2) is 18.1 Å². The molecule has 3 heteroatoms. The maximum atomic E-state index is 5.84. The van der Waals surface area contributed by atoms with Crippen LogP contribution in [0.4, 0.5) is 5.69 Å². The average Bonchev–Trinajstić information content (AvgIpc) is 2.35. The number of hydrogen-bond acceptors (Lipinski definition) is 2. The van der Waals surface area contributed by atoms with E-state index in [-0.39, 0.29) is 0 Å². The molecule has 0 aromatic heterocycles. The molecule has 0 saturated heterocycles. The lowest BCUT2D eigenvalue weighted by Gasteiger charge is -2.28. The Morgan fingerprint density at radius 3 is 2.56 bits per heavy atom. The Morgan fingerprint density at radius 2 is 2.06 bits per heavy atom. The van der Waals surface area contributed by atoms with Gasteiger partial charge in [0.1, 0.15) is 4.99 Å². The zero-order chi connectivity index (χ0) is 13.7. The van der Waals surface area contributed by atoms with Crippen molar-refractivity contribution in [3.8, 4) is 0 Å². The summed E-state index contributed by atoms with van der Waals surface area (Å²) >= 11 is 5.17. The van der Waals surface area contributed by atoms with Crippen molar-refractivity contribution in [3.63, 3.8) is 0 Å². The average molecular weight is 264 g/mol. The van der Waals surface area contributed by atoms with Crippen LogP contribution in [0.3, 0.4) is 0 Å².